The summed E-state index contributed by atoms with van der Waals surface area (Å²) in [5.41, 5.74) is 3.84. The maximum Gasteiger partial charge on any atom is 0.264 e. The number of benzene rings is 2. The zero-order valence-corrected chi connectivity index (χ0v) is 18.6. The second-order valence-electron chi connectivity index (χ2n) is 6.35. The number of nitrogens with zero attached hydrogens (tertiary/aromatic N) is 1. The van der Waals surface area contributed by atoms with E-state index in [1.165, 1.54) is 11.8 Å². The molecule has 1 saturated heterocycles. The van der Waals surface area contributed by atoms with E-state index < -0.39 is 0 Å². The van der Waals surface area contributed by atoms with Crippen LogP contribution in [0.2, 0.25) is 0 Å². The van der Waals surface area contributed by atoms with Crippen molar-refractivity contribution in [2.45, 2.75) is 13.8 Å². The first-order valence-electron chi connectivity index (χ1n) is 8.71. The lowest BCUT2D eigenvalue weighted by Gasteiger charge is -2.12. The molecule has 5 nitrogen and oxygen atoms in total. The number of amides is 1. The molecule has 3 rings (SSSR count). The van der Waals surface area contributed by atoms with Crippen LogP contribution in [-0.4, -0.2) is 24.8 Å². The van der Waals surface area contributed by atoms with Crippen molar-refractivity contribution in [1.82, 2.24) is 5.32 Å². The second kappa shape index (κ2) is 9.21. The van der Waals surface area contributed by atoms with E-state index in [9.17, 15) is 4.79 Å². The lowest BCUT2D eigenvalue weighted by molar-refractivity contribution is -0.115. The average molecular weight is 471 g/mol. The first-order chi connectivity index (χ1) is 13.9. The second-order valence-corrected chi connectivity index (χ2v) is 8.24. The van der Waals surface area contributed by atoms with Gasteiger partial charge in [-0.25, -0.2) is 4.99 Å². The van der Waals surface area contributed by atoms with Crippen LogP contribution in [0.15, 0.2) is 44.7 Å². The third-order valence-electron chi connectivity index (χ3n) is 3.94. The van der Waals surface area contributed by atoms with Crippen molar-refractivity contribution in [3.63, 3.8) is 0 Å². The van der Waals surface area contributed by atoms with Crippen LogP contribution >= 0.6 is 27.7 Å². The molecule has 0 spiro atoms. The molecule has 0 aliphatic carbocycles. The number of hydrogen-bond acceptors (Lipinski definition) is 5. The Balaban J connectivity index is 1.87. The Labute approximate surface area is 182 Å². The van der Waals surface area contributed by atoms with Crippen molar-refractivity contribution in [1.29, 1.82) is 0 Å². The van der Waals surface area contributed by atoms with Gasteiger partial charge in [0.25, 0.3) is 5.91 Å². The standard InChI is InChI=1S/C22H19BrN2O3S/c1-5-6-28-20-17(23)10-15(11-18(20)27-4)12-19-21(26)25-22(29-19)24-16-8-13(2)7-14(3)9-16/h1,7-12H,6H2,2-4H3,(H,24,25,26)/b19-12-. The lowest BCUT2D eigenvalue weighted by atomic mass is 10.1. The Kier molecular flexibility index (Phi) is 6.68. The Hall–Kier alpha value is -2.69. The predicted octanol–water partition coefficient (Wildman–Crippen LogP) is 4.98. The fourth-order valence-corrected chi connectivity index (χ4v) is 4.26. The summed E-state index contributed by atoms with van der Waals surface area (Å²) in [6.45, 7) is 4.17. The fraction of sp³-hybridized carbons (Fsp3) is 0.182. The first kappa shape index (κ1) is 21.0. The number of aliphatic imine (C=N–C) groups is 1. The molecule has 7 heteroatoms. The number of rotatable bonds is 5. The number of amidine groups is 1. The Bertz CT molecular complexity index is 1050. The Morgan fingerprint density at radius 1 is 1.24 bits per heavy atom. The molecule has 0 atom stereocenters. The number of ether oxygens (including phenoxy) is 2. The first-order valence-corrected chi connectivity index (χ1v) is 10.3. The monoisotopic (exact) mass is 470 g/mol. The maximum atomic E-state index is 12.4. The average Bonchev–Trinajstić information content (AvgIpc) is 2.98. The highest BCUT2D eigenvalue weighted by Crippen LogP contribution is 2.38. The van der Waals surface area contributed by atoms with Crippen molar-refractivity contribution in [2.24, 2.45) is 4.99 Å². The van der Waals surface area contributed by atoms with Gasteiger partial charge in [0.15, 0.2) is 16.7 Å². The molecule has 1 N–H and O–H groups in total. The van der Waals surface area contributed by atoms with Crippen LogP contribution in [0.4, 0.5) is 5.69 Å². The van der Waals surface area contributed by atoms with Crippen LogP contribution in [0, 0.1) is 26.2 Å². The number of carbonyl (C=O) groups is 1. The van der Waals surface area contributed by atoms with Crippen LogP contribution in [0.5, 0.6) is 11.5 Å². The summed E-state index contributed by atoms with van der Waals surface area (Å²) in [6.07, 6.45) is 7.04. The van der Waals surface area contributed by atoms with E-state index in [0.29, 0.717) is 26.0 Å². The van der Waals surface area contributed by atoms with Gasteiger partial charge in [-0.05, 0) is 88.6 Å². The summed E-state index contributed by atoms with van der Waals surface area (Å²) in [5, 5.41) is 3.36. The molecule has 0 unspecified atom stereocenters. The van der Waals surface area contributed by atoms with Gasteiger partial charge in [0.1, 0.15) is 6.61 Å². The van der Waals surface area contributed by atoms with Crippen molar-refractivity contribution >= 4 is 50.5 Å². The normalized spacial score (nSPS) is 16.0. The van der Waals surface area contributed by atoms with Crippen LogP contribution in [0.3, 0.4) is 0 Å². The largest absolute Gasteiger partial charge is 0.493 e. The molecule has 29 heavy (non-hydrogen) atoms. The van der Waals surface area contributed by atoms with Crippen molar-refractivity contribution in [2.75, 3.05) is 13.7 Å². The summed E-state index contributed by atoms with van der Waals surface area (Å²) in [7, 11) is 1.55. The molecule has 1 aliphatic heterocycles. The molecule has 0 radical (unpaired) electrons. The number of methoxy groups -OCH3 is 1. The smallest absolute Gasteiger partial charge is 0.264 e. The summed E-state index contributed by atoms with van der Waals surface area (Å²) >= 11 is 4.76. The summed E-state index contributed by atoms with van der Waals surface area (Å²) in [4.78, 5) is 17.5. The minimum atomic E-state index is -0.194. The van der Waals surface area contributed by atoms with Crippen molar-refractivity contribution in [3.05, 3.63) is 56.4 Å². The molecule has 0 bridgehead atoms. The van der Waals surface area contributed by atoms with Crippen LogP contribution < -0.4 is 14.8 Å². The SMILES string of the molecule is C#CCOc1c(Br)cc(/C=C2\SC(=Nc3cc(C)cc(C)c3)NC2=O)cc1OC. The summed E-state index contributed by atoms with van der Waals surface area (Å²) in [6, 6.07) is 9.67. The number of nitrogens with one attached hydrogen (secondary N) is 1. The number of carbonyl (C=O) groups excluding carboxylic acids is 1. The number of thioether (sulfide) groups is 1. The van der Waals surface area contributed by atoms with Gasteiger partial charge in [-0.1, -0.05) is 12.0 Å². The van der Waals surface area contributed by atoms with Gasteiger partial charge in [0.2, 0.25) is 0 Å². The van der Waals surface area contributed by atoms with E-state index in [-0.39, 0.29) is 12.5 Å². The molecule has 1 aliphatic rings. The summed E-state index contributed by atoms with van der Waals surface area (Å²) < 4.78 is 11.6. The molecule has 148 valence electrons. The molecule has 2 aromatic carbocycles. The quantitative estimate of drug-likeness (QED) is 0.494. The topological polar surface area (TPSA) is 59.9 Å². The van der Waals surface area contributed by atoms with E-state index in [2.05, 4.69) is 38.2 Å². The highest BCUT2D eigenvalue weighted by Gasteiger charge is 2.24. The highest BCUT2D eigenvalue weighted by atomic mass is 79.9. The van der Waals surface area contributed by atoms with Gasteiger partial charge in [-0.3, -0.25) is 4.79 Å². The summed E-state index contributed by atoms with van der Waals surface area (Å²) in [5.74, 6) is 3.28. The molecule has 0 saturated carbocycles. The van der Waals surface area contributed by atoms with Crippen molar-refractivity contribution < 1.29 is 14.3 Å². The molecule has 0 aromatic heterocycles. The molecule has 1 heterocycles. The van der Waals surface area contributed by atoms with E-state index in [4.69, 9.17) is 15.9 Å². The molecular weight excluding hydrogens is 452 g/mol. The number of hydrogen-bond donors (Lipinski definition) is 1. The maximum absolute atomic E-state index is 12.4. The molecule has 1 fully saturated rings. The third kappa shape index (κ3) is 5.22. The van der Waals surface area contributed by atoms with Crippen LogP contribution in [0.1, 0.15) is 16.7 Å². The van der Waals surface area contributed by atoms with E-state index >= 15 is 0 Å². The van der Waals surface area contributed by atoms with E-state index in [1.807, 2.05) is 32.0 Å². The van der Waals surface area contributed by atoms with E-state index in [1.54, 1.807) is 19.3 Å². The van der Waals surface area contributed by atoms with Gasteiger partial charge >= 0.3 is 0 Å². The number of halogens is 1. The Morgan fingerprint density at radius 3 is 2.62 bits per heavy atom. The predicted molar refractivity (Wildman–Crippen MR) is 122 cm³/mol. The fourth-order valence-electron chi connectivity index (χ4n) is 2.84. The van der Waals surface area contributed by atoms with Gasteiger partial charge < -0.3 is 14.8 Å². The molecular formula is C22H19BrN2O3S. The zero-order chi connectivity index (χ0) is 21.0. The van der Waals surface area contributed by atoms with Crippen molar-refractivity contribution in [3.8, 4) is 23.8 Å². The number of aryl methyl sites for hydroxylation is 2. The van der Waals surface area contributed by atoms with E-state index in [0.717, 1.165) is 22.4 Å². The molecule has 1 amide bonds. The Morgan fingerprint density at radius 2 is 1.97 bits per heavy atom. The van der Waals surface area contributed by atoms with Gasteiger partial charge in [-0.15, -0.1) is 6.42 Å². The van der Waals surface area contributed by atoms with Gasteiger partial charge in [0.05, 0.1) is 22.2 Å². The minimum absolute atomic E-state index is 0.131. The number of terminal acetylenes is 1. The van der Waals surface area contributed by atoms with Gasteiger partial charge in [0, 0.05) is 0 Å². The minimum Gasteiger partial charge on any atom is -0.493 e. The van der Waals surface area contributed by atoms with Gasteiger partial charge in [-0.2, -0.15) is 0 Å². The lowest BCUT2D eigenvalue weighted by Crippen LogP contribution is -2.19. The van der Waals surface area contributed by atoms with Crippen LogP contribution in [0.25, 0.3) is 6.08 Å². The van der Waals surface area contributed by atoms with Crippen LogP contribution in [-0.2, 0) is 4.79 Å². The highest BCUT2D eigenvalue weighted by molar-refractivity contribution is 9.10. The molecule has 2 aromatic rings. The zero-order valence-electron chi connectivity index (χ0n) is 16.2. The third-order valence-corrected chi connectivity index (χ3v) is 5.44.